The van der Waals surface area contributed by atoms with E-state index in [1.807, 2.05) is 18.2 Å². The number of fused-ring (bicyclic) bond motifs is 1. The largest absolute Gasteiger partial charge is 0.465 e. The average Bonchev–Trinajstić information content (AvgIpc) is 2.70. The Morgan fingerprint density at radius 3 is 2.81 bits per heavy atom. The van der Waals surface area contributed by atoms with Crippen LogP contribution in [-0.2, 0) is 4.74 Å². The van der Waals surface area contributed by atoms with Crippen LogP contribution in [0.3, 0.4) is 0 Å². The van der Waals surface area contributed by atoms with E-state index in [-0.39, 0.29) is 5.97 Å². The van der Waals surface area contributed by atoms with Crippen molar-refractivity contribution in [1.29, 1.82) is 0 Å². The Morgan fingerprint density at radius 2 is 2.19 bits per heavy atom. The molecular formula is C11H13N3O2. The van der Waals surface area contributed by atoms with Gasteiger partial charge in [-0.25, -0.2) is 4.79 Å². The van der Waals surface area contributed by atoms with Crippen molar-refractivity contribution in [2.24, 2.45) is 0 Å². The van der Waals surface area contributed by atoms with Gasteiger partial charge in [-0.15, -0.1) is 10.2 Å². The van der Waals surface area contributed by atoms with Crippen molar-refractivity contribution < 1.29 is 9.53 Å². The Labute approximate surface area is 93.1 Å². The third kappa shape index (κ3) is 1.64. The van der Waals surface area contributed by atoms with Gasteiger partial charge in [0.1, 0.15) is 5.82 Å². The lowest BCUT2D eigenvalue weighted by Gasteiger charge is -2.03. The molecule has 0 fully saturated rings. The number of rotatable bonds is 2. The molecule has 0 N–H and O–H groups in total. The van der Waals surface area contributed by atoms with Gasteiger partial charge in [-0.05, 0) is 12.1 Å². The topological polar surface area (TPSA) is 56.5 Å². The Bertz CT molecular complexity index is 531. The first kappa shape index (κ1) is 10.6. The summed E-state index contributed by atoms with van der Waals surface area (Å²) in [6.45, 7) is 4.09. The molecule has 0 saturated heterocycles. The predicted molar refractivity (Wildman–Crippen MR) is 58.4 cm³/mol. The number of carbonyl (C=O) groups is 1. The van der Waals surface area contributed by atoms with E-state index in [9.17, 15) is 4.79 Å². The van der Waals surface area contributed by atoms with E-state index in [1.165, 1.54) is 7.11 Å². The van der Waals surface area contributed by atoms with Crippen LogP contribution in [-0.4, -0.2) is 27.7 Å². The predicted octanol–water partition coefficient (Wildman–Crippen LogP) is 1.64. The van der Waals surface area contributed by atoms with E-state index < -0.39 is 0 Å². The third-order valence-corrected chi connectivity index (χ3v) is 2.37. The molecule has 2 aromatic heterocycles. The van der Waals surface area contributed by atoms with Crippen LogP contribution in [0.2, 0.25) is 0 Å². The minimum absolute atomic E-state index is 0.291. The molecule has 0 aliphatic carbocycles. The number of methoxy groups -OCH3 is 1. The molecule has 0 aliphatic rings. The van der Waals surface area contributed by atoms with E-state index in [1.54, 1.807) is 18.3 Å². The van der Waals surface area contributed by atoms with Gasteiger partial charge in [0.05, 0.1) is 12.7 Å². The molecule has 0 saturated carbocycles. The van der Waals surface area contributed by atoms with Crippen LogP contribution in [0, 0.1) is 0 Å². The minimum Gasteiger partial charge on any atom is -0.465 e. The highest BCUT2D eigenvalue weighted by molar-refractivity contribution is 5.90. The summed E-state index contributed by atoms with van der Waals surface area (Å²) in [7, 11) is 1.36. The van der Waals surface area contributed by atoms with Crippen LogP contribution in [0.5, 0.6) is 0 Å². The zero-order valence-electron chi connectivity index (χ0n) is 9.47. The number of esters is 1. The summed E-state index contributed by atoms with van der Waals surface area (Å²) in [5.41, 5.74) is 1.14. The summed E-state index contributed by atoms with van der Waals surface area (Å²) >= 11 is 0. The third-order valence-electron chi connectivity index (χ3n) is 2.37. The fourth-order valence-electron chi connectivity index (χ4n) is 1.55. The molecule has 2 aromatic rings. The molecule has 0 aliphatic heterocycles. The van der Waals surface area contributed by atoms with Gasteiger partial charge in [-0.2, -0.15) is 0 Å². The van der Waals surface area contributed by atoms with Crippen LogP contribution < -0.4 is 0 Å². The summed E-state index contributed by atoms with van der Waals surface area (Å²) in [5.74, 6) is 0.807. The maximum Gasteiger partial charge on any atom is 0.338 e. The zero-order valence-corrected chi connectivity index (χ0v) is 9.47. The second kappa shape index (κ2) is 3.92. The first-order valence-electron chi connectivity index (χ1n) is 5.06. The van der Waals surface area contributed by atoms with Gasteiger partial charge >= 0.3 is 5.97 Å². The molecule has 5 nitrogen and oxygen atoms in total. The fraction of sp³-hybridized carbons (Fsp3) is 0.364. The Kier molecular flexibility index (Phi) is 2.60. The molecule has 2 rings (SSSR count). The molecule has 0 radical (unpaired) electrons. The number of carbonyl (C=O) groups excluding carboxylic acids is 1. The van der Waals surface area contributed by atoms with E-state index in [0.717, 1.165) is 5.82 Å². The second-order valence-electron chi connectivity index (χ2n) is 3.85. The van der Waals surface area contributed by atoms with Gasteiger partial charge in [0.15, 0.2) is 5.65 Å². The molecule has 0 unspecified atom stereocenters. The van der Waals surface area contributed by atoms with Crippen molar-refractivity contribution >= 4 is 11.6 Å². The summed E-state index contributed by atoms with van der Waals surface area (Å²) in [5, 5.41) is 8.10. The molecule has 0 atom stereocenters. The summed E-state index contributed by atoms with van der Waals surface area (Å²) in [6, 6.07) is 3.37. The van der Waals surface area contributed by atoms with Crippen molar-refractivity contribution in [1.82, 2.24) is 14.6 Å². The first-order chi connectivity index (χ1) is 7.63. The lowest BCUT2D eigenvalue weighted by molar-refractivity contribution is 0.0600. The SMILES string of the molecule is COC(=O)c1ccn2c(C(C)C)nnc2c1. The lowest BCUT2D eigenvalue weighted by atomic mass is 10.2. The molecule has 0 bridgehead atoms. The Morgan fingerprint density at radius 1 is 1.44 bits per heavy atom. The molecule has 16 heavy (non-hydrogen) atoms. The van der Waals surface area contributed by atoms with E-state index >= 15 is 0 Å². The monoisotopic (exact) mass is 219 g/mol. The highest BCUT2D eigenvalue weighted by Gasteiger charge is 2.11. The van der Waals surface area contributed by atoms with E-state index in [0.29, 0.717) is 17.1 Å². The summed E-state index contributed by atoms with van der Waals surface area (Å²) < 4.78 is 6.52. The van der Waals surface area contributed by atoms with Gasteiger partial charge in [-0.1, -0.05) is 13.8 Å². The lowest BCUT2D eigenvalue weighted by Crippen LogP contribution is -2.03. The van der Waals surface area contributed by atoms with Crippen LogP contribution in [0.4, 0.5) is 0 Å². The number of nitrogens with zero attached hydrogens (tertiary/aromatic N) is 3. The Hall–Kier alpha value is -1.91. The van der Waals surface area contributed by atoms with Crippen LogP contribution >= 0.6 is 0 Å². The smallest absolute Gasteiger partial charge is 0.338 e. The minimum atomic E-state index is -0.364. The van der Waals surface area contributed by atoms with Crippen molar-refractivity contribution in [3.8, 4) is 0 Å². The van der Waals surface area contributed by atoms with Gasteiger partial charge in [0.2, 0.25) is 0 Å². The maximum atomic E-state index is 11.3. The maximum absolute atomic E-state index is 11.3. The highest BCUT2D eigenvalue weighted by Crippen LogP contribution is 2.14. The zero-order chi connectivity index (χ0) is 11.7. The van der Waals surface area contributed by atoms with E-state index in [2.05, 4.69) is 14.9 Å². The van der Waals surface area contributed by atoms with E-state index in [4.69, 9.17) is 0 Å². The highest BCUT2D eigenvalue weighted by atomic mass is 16.5. The van der Waals surface area contributed by atoms with Crippen molar-refractivity contribution in [3.63, 3.8) is 0 Å². The average molecular weight is 219 g/mol. The normalized spacial score (nSPS) is 11.0. The van der Waals surface area contributed by atoms with Gasteiger partial charge in [0, 0.05) is 12.1 Å². The quantitative estimate of drug-likeness (QED) is 0.720. The summed E-state index contributed by atoms with van der Waals surface area (Å²) in [6.07, 6.45) is 1.79. The van der Waals surface area contributed by atoms with Crippen LogP contribution in [0.25, 0.3) is 5.65 Å². The number of ether oxygens (including phenoxy) is 1. The molecular weight excluding hydrogens is 206 g/mol. The number of hydrogen-bond donors (Lipinski definition) is 0. The van der Waals surface area contributed by atoms with Crippen LogP contribution in [0.1, 0.15) is 35.9 Å². The standard InChI is InChI=1S/C11H13N3O2/c1-7(2)10-13-12-9-6-8(11(15)16-3)4-5-14(9)10/h4-7H,1-3H3. The number of aromatic nitrogens is 3. The molecule has 84 valence electrons. The van der Waals surface area contributed by atoms with Crippen molar-refractivity contribution in [3.05, 3.63) is 29.7 Å². The Balaban J connectivity index is 2.53. The molecule has 5 heteroatoms. The fourth-order valence-corrected chi connectivity index (χ4v) is 1.55. The van der Waals surface area contributed by atoms with Crippen molar-refractivity contribution in [2.75, 3.05) is 7.11 Å². The summed E-state index contributed by atoms with van der Waals surface area (Å²) in [4.78, 5) is 11.3. The van der Waals surface area contributed by atoms with Gasteiger partial charge in [-0.3, -0.25) is 4.40 Å². The second-order valence-corrected chi connectivity index (χ2v) is 3.85. The molecule has 0 aromatic carbocycles. The number of hydrogen-bond acceptors (Lipinski definition) is 4. The van der Waals surface area contributed by atoms with Gasteiger partial charge < -0.3 is 4.74 Å². The first-order valence-corrected chi connectivity index (χ1v) is 5.06. The van der Waals surface area contributed by atoms with Gasteiger partial charge in [0.25, 0.3) is 0 Å². The molecule has 0 amide bonds. The van der Waals surface area contributed by atoms with Crippen LogP contribution in [0.15, 0.2) is 18.3 Å². The molecule has 2 heterocycles. The number of pyridine rings is 1. The van der Waals surface area contributed by atoms with Crippen molar-refractivity contribution in [2.45, 2.75) is 19.8 Å². The molecule has 0 spiro atoms.